The van der Waals surface area contributed by atoms with Gasteiger partial charge in [-0.05, 0) is 61.6 Å². The third-order valence-electron chi connectivity index (χ3n) is 5.40. The summed E-state index contributed by atoms with van der Waals surface area (Å²) in [6.45, 7) is 5.45. The van der Waals surface area contributed by atoms with E-state index in [0.29, 0.717) is 11.6 Å². The predicted octanol–water partition coefficient (Wildman–Crippen LogP) is 2.97. The third kappa shape index (κ3) is 6.04. The Labute approximate surface area is 158 Å². The van der Waals surface area contributed by atoms with Crippen LogP contribution in [0.3, 0.4) is 0 Å². The number of aliphatic imine (C=N–C) groups is 1. The molecule has 0 aliphatic heterocycles. The molecular weight excluding hydrogens is 324 g/mol. The Bertz CT molecular complexity index is 604. The van der Waals surface area contributed by atoms with Gasteiger partial charge < -0.3 is 16.0 Å². The summed E-state index contributed by atoms with van der Waals surface area (Å²) in [6, 6.07) is 8.29. The SMILES string of the molecule is CN=C(NCCc1cccc(C(=O)NC)c1)NC1CCC(C(C)C)CC1. The maximum atomic E-state index is 11.7. The first kappa shape index (κ1) is 20.3. The summed E-state index contributed by atoms with van der Waals surface area (Å²) < 4.78 is 0. The van der Waals surface area contributed by atoms with Crippen LogP contribution in [0.25, 0.3) is 0 Å². The molecule has 5 nitrogen and oxygen atoms in total. The maximum absolute atomic E-state index is 11.7. The van der Waals surface area contributed by atoms with Gasteiger partial charge in [0.25, 0.3) is 5.91 Å². The Kier molecular flexibility index (Phi) is 7.95. The highest BCUT2D eigenvalue weighted by Crippen LogP contribution is 2.29. The number of nitrogens with one attached hydrogen (secondary N) is 3. The Morgan fingerprint density at radius 1 is 1.23 bits per heavy atom. The van der Waals surface area contributed by atoms with Crippen molar-refractivity contribution >= 4 is 11.9 Å². The van der Waals surface area contributed by atoms with Crippen LogP contribution in [0.4, 0.5) is 0 Å². The van der Waals surface area contributed by atoms with Crippen LogP contribution < -0.4 is 16.0 Å². The second-order valence-electron chi connectivity index (χ2n) is 7.53. The minimum atomic E-state index is -0.0470. The molecule has 1 fully saturated rings. The highest BCUT2D eigenvalue weighted by Gasteiger charge is 2.23. The van der Waals surface area contributed by atoms with Crippen molar-refractivity contribution in [3.63, 3.8) is 0 Å². The zero-order chi connectivity index (χ0) is 18.9. The van der Waals surface area contributed by atoms with Crippen LogP contribution in [-0.4, -0.2) is 38.5 Å². The van der Waals surface area contributed by atoms with Crippen molar-refractivity contribution in [1.82, 2.24) is 16.0 Å². The van der Waals surface area contributed by atoms with E-state index in [1.165, 1.54) is 25.7 Å². The molecule has 0 spiro atoms. The number of benzene rings is 1. The summed E-state index contributed by atoms with van der Waals surface area (Å²) >= 11 is 0. The third-order valence-corrected chi connectivity index (χ3v) is 5.40. The fourth-order valence-electron chi connectivity index (χ4n) is 3.66. The van der Waals surface area contributed by atoms with E-state index in [4.69, 9.17) is 0 Å². The lowest BCUT2D eigenvalue weighted by molar-refractivity contribution is 0.0963. The summed E-state index contributed by atoms with van der Waals surface area (Å²) in [5, 5.41) is 9.63. The molecule has 26 heavy (non-hydrogen) atoms. The molecular formula is C21H34N4O. The Morgan fingerprint density at radius 3 is 2.58 bits per heavy atom. The average molecular weight is 359 g/mol. The van der Waals surface area contributed by atoms with E-state index in [9.17, 15) is 4.79 Å². The van der Waals surface area contributed by atoms with Gasteiger partial charge in [-0.2, -0.15) is 0 Å². The molecule has 3 N–H and O–H groups in total. The molecule has 0 unspecified atom stereocenters. The zero-order valence-corrected chi connectivity index (χ0v) is 16.6. The van der Waals surface area contributed by atoms with Crippen molar-refractivity contribution in [3.05, 3.63) is 35.4 Å². The quantitative estimate of drug-likeness (QED) is 0.541. The van der Waals surface area contributed by atoms with Gasteiger partial charge in [-0.25, -0.2) is 0 Å². The molecule has 0 saturated heterocycles. The molecule has 0 atom stereocenters. The van der Waals surface area contributed by atoms with Gasteiger partial charge in [-0.1, -0.05) is 26.0 Å². The van der Waals surface area contributed by atoms with Crippen LogP contribution in [0.2, 0.25) is 0 Å². The van der Waals surface area contributed by atoms with E-state index in [0.717, 1.165) is 36.3 Å². The van der Waals surface area contributed by atoms with Gasteiger partial charge in [0.15, 0.2) is 5.96 Å². The molecule has 144 valence electrons. The van der Waals surface area contributed by atoms with E-state index in [1.54, 1.807) is 7.05 Å². The first-order valence-electron chi connectivity index (χ1n) is 9.81. The van der Waals surface area contributed by atoms with Crippen molar-refractivity contribution < 1.29 is 4.79 Å². The number of hydrogen-bond acceptors (Lipinski definition) is 2. The molecule has 1 aliphatic carbocycles. The molecule has 0 bridgehead atoms. The fourth-order valence-corrected chi connectivity index (χ4v) is 3.66. The molecule has 1 amide bonds. The Hall–Kier alpha value is -2.04. The van der Waals surface area contributed by atoms with Crippen LogP contribution in [-0.2, 0) is 6.42 Å². The van der Waals surface area contributed by atoms with Crippen LogP contribution in [0.15, 0.2) is 29.3 Å². The second kappa shape index (κ2) is 10.2. The molecule has 0 heterocycles. The zero-order valence-electron chi connectivity index (χ0n) is 16.6. The summed E-state index contributed by atoms with van der Waals surface area (Å²) in [5.41, 5.74) is 1.85. The largest absolute Gasteiger partial charge is 0.356 e. The van der Waals surface area contributed by atoms with Crippen LogP contribution in [0.1, 0.15) is 55.5 Å². The lowest BCUT2D eigenvalue weighted by atomic mass is 9.80. The average Bonchev–Trinajstić information content (AvgIpc) is 2.67. The first-order valence-corrected chi connectivity index (χ1v) is 9.81. The van der Waals surface area contributed by atoms with E-state index >= 15 is 0 Å². The number of guanidine groups is 1. The lowest BCUT2D eigenvalue weighted by Gasteiger charge is -2.32. The topological polar surface area (TPSA) is 65.5 Å². The summed E-state index contributed by atoms with van der Waals surface area (Å²) in [5.74, 6) is 2.49. The van der Waals surface area contributed by atoms with E-state index in [2.05, 4.69) is 40.9 Å². The molecule has 1 aromatic rings. The van der Waals surface area contributed by atoms with Gasteiger partial charge >= 0.3 is 0 Å². The first-order chi connectivity index (χ1) is 12.5. The van der Waals surface area contributed by atoms with Crippen molar-refractivity contribution in [1.29, 1.82) is 0 Å². The van der Waals surface area contributed by atoms with Crippen LogP contribution in [0, 0.1) is 11.8 Å². The molecule has 0 aromatic heterocycles. The highest BCUT2D eigenvalue weighted by atomic mass is 16.1. The van der Waals surface area contributed by atoms with Gasteiger partial charge in [-0.15, -0.1) is 0 Å². The van der Waals surface area contributed by atoms with Crippen molar-refractivity contribution in [2.24, 2.45) is 16.8 Å². The van der Waals surface area contributed by atoms with Crippen LogP contribution in [0.5, 0.6) is 0 Å². The molecule has 0 radical (unpaired) electrons. The minimum Gasteiger partial charge on any atom is -0.356 e. The van der Waals surface area contributed by atoms with Gasteiger partial charge in [-0.3, -0.25) is 9.79 Å². The molecule has 1 saturated carbocycles. The standard InChI is InChI=1S/C21H34N4O/c1-15(2)17-8-10-19(11-9-17)25-21(23-4)24-13-12-16-6-5-7-18(14-16)20(26)22-3/h5-7,14-15,17,19H,8-13H2,1-4H3,(H,22,26)(H2,23,24,25). The number of carbonyl (C=O) groups is 1. The van der Waals surface area contributed by atoms with Gasteiger partial charge in [0, 0.05) is 32.2 Å². The number of amides is 1. The maximum Gasteiger partial charge on any atom is 0.251 e. The molecule has 2 rings (SSSR count). The van der Waals surface area contributed by atoms with Gasteiger partial charge in [0.2, 0.25) is 0 Å². The highest BCUT2D eigenvalue weighted by molar-refractivity contribution is 5.94. The van der Waals surface area contributed by atoms with E-state index in [1.807, 2.05) is 25.2 Å². The number of nitrogens with zero attached hydrogens (tertiary/aromatic N) is 1. The van der Waals surface area contributed by atoms with E-state index < -0.39 is 0 Å². The summed E-state index contributed by atoms with van der Waals surface area (Å²) in [7, 11) is 3.47. The van der Waals surface area contributed by atoms with Crippen molar-refractivity contribution in [2.45, 2.75) is 52.0 Å². The fraction of sp³-hybridized carbons (Fsp3) is 0.619. The van der Waals surface area contributed by atoms with E-state index in [-0.39, 0.29) is 5.91 Å². The summed E-state index contributed by atoms with van der Waals surface area (Å²) in [4.78, 5) is 16.1. The predicted molar refractivity (Wildman–Crippen MR) is 109 cm³/mol. The Balaban J connectivity index is 1.77. The summed E-state index contributed by atoms with van der Waals surface area (Å²) in [6.07, 6.45) is 5.90. The van der Waals surface area contributed by atoms with Gasteiger partial charge in [0.1, 0.15) is 0 Å². The molecule has 5 heteroatoms. The van der Waals surface area contributed by atoms with Gasteiger partial charge in [0.05, 0.1) is 0 Å². The van der Waals surface area contributed by atoms with Crippen LogP contribution >= 0.6 is 0 Å². The second-order valence-corrected chi connectivity index (χ2v) is 7.53. The molecule has 1 aliphatic rings. The monoisotopic (exact) mass is 358 g/mol. The lowest BCUT2D eigenvalue weighted by Crippen LogP contribution is -2.45. The number of rotatable bonds is 6. The number of hydrogen-bond donors (Lipinski definition) is 3. The van der Waals surface area contributed by atoms with Crippen molar-refractivity contribution in [3.8, 4) is 0 Å². The normalized spacial score (nSPS) is 20.7. The number of carbonyl (C=O) groups excluding carboxylic acids is 1. The molecule has 1 aromatic carbocycles. The Morgan fingerprint density at radius 2 is 1.96 bits per heavy atom. The van der Waals surface area contributed by atoms with Crippen molar-refractivity contribution in [2.75, 3.05) is 20.6 Å². The minimum absolute atomic E-state index is 0.0470. The smallest absolute Gasteiger partial charge is 0.251 e.